The molecule has 3 N–H and O–H groups in total. The molecule has 1 saturated heterocycles. The third-order valence-electron chi connectivity index (χ3n) is 6.10. The van der Waals surface area contributed by atoms with Gasteiger partial charge in [0.05, 0.1) is 25.0 Å². The van der Waals surface area contributed by atoms with Crippen molar-refractivity contribution in [3.63, 3.8) is 0 Å². The van der Waals surface area contributed by atoms with Crippen molar-refractivity contribution >= 4 is 37.4 Å². The number of hydroxylamine groups is 1. The van der Waals surface area contributed by atoms with Crippen LogP contribution in [0.5, 0.6) is 17.2 Å². The van der Waals surface area contributed by atoms with Gasteiger partial charge in [-0.1, -0.05) is 0 Å². The van der Waals surface area contributed by atoms with Crippen LogP contribution in [0, 0.1) is 0 Å². The smallest absolute Gasteiger partial charge is 0.265 e. The van der Waals surface area contributed by atoms with Crippen molar-refractivity contribution in [1.29, 1.82) is 0 Å². The van der Waals surface area contributed by atoms with E-state index in [1.165, 1.54) is 56.1 Å². The van der Waals surface area contributed by atoms with Crippen LogP contribution in [0.3, 0.4) is 0 Å². The highest BCUT2D eigenvalue weighted by Crippen LogP contribution is 2.36. The lowest BCUT2D eigenvalue weighted by Crippen LogP contribution is -2.54. The fraction of sp³-hybridized carbons (Fsp3) is 0.435. The summed E-state index contributed by atoms with van der Waals surface area (Å²) in [6.07, 6.45) is -1.05. The number of amides is 1. The Bertz CT molecular complexity index is 1330. The van der Waals surface area contributed by atoms with Crippen molar-refractivity contribution in [1.82, 2.24) is 10.2 Å². The van der Waals surface area contributed by atoms with Gasteiger partial charge in [0.15, 0.2) is 14.6 Å². The molecule has 2 aromatic rings. The third kappa shape index (κ3) is 6.16. The van der Waals surface area contributed by atoms with Gasteiger partial charge in [-0.25, -0.2) is 27.0 Å². The van der Waals surface area contributed by atoms with E-state index in [1.54, 1.807) is 6.07 Å². The first-order chi connectivity index (χ1) is 18.0. The Hall–Kier alpha value is -2.62. The first-order valence-electron chi connectivity index (χ1n) is 11.4. The molecule has 3 rings (SSSR count). The number of carbonyl (C=O) groups is 1. The van der Waals surface area contributed by atoms with Crippen LogP contribution in [0.25, 0.3) is 0 Å². The van der Waals surface area contributed by atoms with E-state index in [-0.39, 0.29) is 59.8 Å². The number of alkyl halides is 1. The van der Waals surface area contributed by atoms with Gasteiger partial charge in [0.2, 0.25) is 10.0 Å². The van der Waals surface area contributed by atoms with E-state index in [0.717, 1.165) is 0 Å². The highest BCUT2D eigenvalue weighted by molar-refractivity contribution is 7.93. The van der Waals surface area contributed by atoms with E-state index in [9.17, 15) is 21.6 Å². The molecule has 1 aliphatic heterocycles. The lowest BCUT2D eigenvalue weighted by atomic mass is 9.98. The van der Waals surface area contributed by atoms with Crippen molar-refractivity contribution < 1.29 is 45.8 Å². The molecule has 1 amide bonds. The number of halogens is 1. The van der Waals surface area contributed by atoms with Crippen molar-refractivity contribution in [2.75, 3.05) is 39.9 Å². The average Bonchev–Trinajstić information content (AvgIpc) is 2.94. The van der Waals surface area contributed by atoms with E-state index >= 15 is 0 Å². The van der Waals surface area contributed by atoms with Crippen LogP contribution in [0.2, 0.25) is 0 Å². The summed E-state index contributed by atoms with van der Waals surface area (Å²) in [5.41, 5.74) is 1.46. The average molecular weight is 593 g/mol. The van der Waals surface area contributed by atoms with Gasteiger partial charge in [0.1, 0.15) is 28.2 Å². The molecular formula is C23H29ClN2O10S2. The SMILES string of the molecule is COc1ccc(OC)c(S(=O)(=O)NCC(CCl)Oc2ccc(S(=O)(=O)C3(C(=O)NO)CCOCC3)cc2)c1. The number of sulfonamides is 1. The summed E-state index contributed by atoms with van der Waals surface area (Å²) in [7, 11) is -5.49. The second-order valence-electron chi connectivity index (χ2n) is 8.29. The van der Waals surface area contributed by atoms with Crippen LogP contribution in [0.1, 0.15) is 12.8 Å². The Kier molecular flexibility index (Phi) is 9.84. The summed E-state index contributed by atoms with van der Waals surface area (Å²) in [6.45, 7) is -0.113. The molecule has 0 bridgehead atoms. The van der Waals surface area contributed by atoms with Crippen molar-refractivity contribution in [2.45, 2.75) is 33.5 Å². The predicted octanol–water partition coefficient (Wildman–Crippen LogP) is 1.50. The molecule has 12 nitrogen and oxygen atoms in total. The minimum absolute atomic E-state index is 0.0444. The third-order valence-corrected chi connectivity index (χ3v) is 10.4. The maximum atomic E-state index is 13.4. The quantitative estimate of drug-likeness (QED) is 0.187. The molecular weight excluding hydrogens is 564 g/mol. The molecule has 0 spiro atoms. The number of hydrogen-bond acceptors (Lipinski definition) is 10. The zero-order valence-electron chi connectivity index (χ0n) is 20.7. The summed E-state index contributed by atoms with van der Waals surface area (Å²) in [6, 6.07) is 9.62. The highest BCUT2D eigenvalue weighted by atomic mass is 35.5. The van der Waals surface area contributed by atoms with Crippen LogP contribution in [0.15, 0.2) is 52.3 Å². The predicted molar refractivity (Wildman–Crippen MR) is 136 cm³/mol. The molecule has 0 aliphatic carbocycles. The monoisotopic (exact) mass is 592 g/mol. The van der Waals surface area contributed by atoms with Crippen molar-refractivity contribution in [3.05, 3.63) is 42.5 Å². The number of rotatable bonds is 12. The first-order valence-corrected chi connectivity index (χ1v) is 14.9. The minimum atomic E-state index is -4.21. The van der Waals surface area contributed by atoms with Gasteiger partial charge in [-0.2, -0.15) is 0 Å². The lowest BCUT2D eigenvalue weighted by molar-refractivity contribution is -0.134. The molecule has 1 unspecified atom stereocenters. The molecule has 1 atom stereocenters. The summed E-state index contributed by atoms with van der Waals surface area (Å²) in [5.74, 6) is -0.443. The molecule has 2 aromatic carbocycles. The van der Waals surface area contributed by atoms with Crippen LogP contribution in [0.4, 0.5) is 0 Å². The first kappa shape index (κ1) is 29.9. The van der Waals surface area contributed by atoms with Gasteiger partial charge < -0.3 is 18.9 Å². The van der Waals surface area contributed by atoms with Crippen molar-refractivity contribution in [2.24, 2.45) is 0 Å². The normalized spacial score (nSPS) is 16.3. The summed E-state index contributed by atoms with van der Waals surface area (Å²) >= 11 is 5.99. The highest BCUT2D eigenvalue weighted by Gasteiger charge is 2.52. The van der Waals surface area contributed by atoms with E-state index in [2.05, 4.69) is 4.72 Å². The van der Waals surface area contributed by atoms with E-state index in [1.807, 2.05) is 0 Å². The van der Waals surface area contributed by atoms with E-state index in [0.29, 0.717) is 5.75 Å². The Morgan fingerprint density at radius 1 is 1.05 bits per heavy atom. The van der Waals surface area contributed by atoms with E-state index in [4.69, 9.17) is 35.8 Å². The Morgan fingerprint density at radius 3 is 2.24 bits per heavy atom. The van der Waals surface area contributed by atoms with Gasteiger partial charge in [-0.3, -0.25) is 10.0 Å². The summed E-state index contributed by atoms with van der Waals surface area (Å²) in [5, 5.41) is 9.17. The number of carbonyl (C=O) groups excluding carboxylic acids is 1. The van der Waals surface area contributed by atoms with Crippen LogP contribution < -0.4 is 24.4 Å². The zero-order chi connectivity index (χ0) is 28.0. The van der Waals surface area contributed by atoms with Gasteiger partial charge in [-0.05, 0) is 49.2 Å². The molecule has 0 saturated carbocycles. The molecule has 0 radical (unpaired) electrons. The van der Waals surface area contributed by atoms with Gasteiger partial charge >= 0.3 is 0 Å². The van der Waals surface area contributed by atoms with Gasteiger partial charge in [0, 0.05) is 25.8 Å². The molecule has 15 heteroatoms. The molecule has 38 heavy (non-hydrogen) atoms. The Balaban J connectivity index is 1.74. The number of sulfone groups is 1. The molecule has 0 aromatic heterocycles. The topological polar surface area (TPSA) is 167 Å². The standard InChI is InChI=1S/C23H29ClN2O10S2/c1-33-17-5-8-20(34-2)21(13-17)38(31,32)25-15-18(14-24)36-16-3-6-19(7-4-16)37(29,30)23(22(27)26-28)9-11-35-12-10-23/h3-8,13,18,25,28H,9-12,14-15H2,1-2H3,(H,26,27). The van der Waals surface area contributed by atoms with Crippen LogP contribution >= 0.6 is 11.6 Å². The Labute approximate surface area is 226 Å². The van der Waals surface area contributed by atoms with Gasteiger partial charge in [0.25, 0.3) is 5.91 Å². The number of ether oxygens (including phenoxy) is 4. The largest absolute Gasteiger partial charge is 0.497 e. The fourth-order valence-electron chi connectivity index (χ4n) is 3.94. The number of hydrogen-bond donors (Lipinski definition) is 3. The summed E-state index contributed by atoms with van der Waals surface area (Å²) < 4.78 is 74.3. The minimum Gasteiger partial charge on any atom is -0.497 e. The molecule has 1 heterocycles. The summed E-state index contributed by atoms with van der Waals surface area (Å²) in [4.78, 5) is 12.1. The second kappa shape index (κ2) is 12.5. The lowest BCUT2D eigenvalue weighted by Gasteiger charge is -2.34. The molecule has 1 fully saturated rings. The number of methoxy groups -OCH3 is 2. The second-order valence-corrected chi connectivity index (χ2v) is 12.6. The van der Waals surface area contributed by atoms with Crippen molar-refractivity contribution in [3.8, 4) is 17.2 Å². The van der Waals surface area contributed by atoms with Crippen LogP contribution in [-0.4, -0.2) is 78.7 Å². The molecule has 1 aliphatic rings. The fourth-order valence-corrected chi connectivity index (χ4v) is 7.30. The maximum absolute atomic E-state index is 13.4. The van der Waals surface area contributed by atoms with Crippen LogP contribution in [-0.2, 0) is 29.4 Å². The maximum Gasteiger partial charge on any atom is 0.265 e. The van der Waals surface area contributed by atoms with Gasteiger partial charge in [-0.15, -0.1) is 11.6 Å². The molecule has 210 valence electrons. The Morgan fingerprint density at radius 2 is 1.68 bits per heavy atom. The number of nitrogens with one attached hydrogen (secondary N) is 2. The number of benzene rings is 2. The zero-order valence-corrected chi connectivity index (χ0v) is 23.1. The van der Waals surface area contributed by atoms with E-state index < -0.39 is 36.6 Å².